The Balaban J connectivity index is 2.03. The van der Waals surface area contributed by atoms with Gasteiger partial charge in [-0.15, -0.1) is 0 Å². The quantitative estimate of drug-likeness (QED) is 0.686. The molecule has 0 aromatic carbocycles. The van der Waals surface area contributed by atoms with Crippen LogP contribution in [0, 0.1) is 5.41 Å². The van der Waals surface area contributed by atoms with Crippen molar-refractivity contribution in [1.29, 1.82) is 0 Å². The number of nitrogens with zero attached hydrogens (tertiary/aromatic N) is 1. The summed E-state index contributed by atoms with van der Waals surface area (Å²) in [5.74, 6) is 0.144. The maximum Gasteiger partial charge on any atom is 0.239 e. The van der Waals surface area contributed by atoms with E-state index in [2.05, 4.69) is 5.32 Å². The Kier molecular flexibility index (Phi) is 2.67. The van der Waals surface area contributed by atoms with Gasteiger partial charge in [-0.2, -0.15) is 0 Å². The Labute approximate surface area is 90.0 Å². The lowest BCUT2D eigenvalue weighted by Gasteiger charge is -2.33. The SMILES string of the molecule is CC1(C(=O)N2CCNC(=O)C2)CCCC1. The van der Waals surface area contributed by atoms with Crippen molar-refractivity contribution in [3.05, 3.63) is 0 Å². The minimum absolute atomic E-state index is 0.0313. The Bertz CT molecular complexity index is 282. The molecular formula is C11H18N2O2. The molecule has 1 aliphatic carbocycles. The van der Waals surface area contributed by atoms with E-state index in [1.54, 1.807) is 4.90 Å². The van der Waals surface area contributed by atoms with E-state index >= 15 is 0 Å². The number of carbonyl (C=O) groups is 2. The number of hydrogen-bond donors (Lipinski definition) is 1. The number of piperazine rings is 1. The Morgan fingerprint density at radius 2 is 2.07 bits per heavy atom. The monoisotopic (exact) mass is 210 g/mol. The van der Waals surface area contributed by atoms with Crippen LogP contribution in [0.5, 0.6) is 0 Å². The molecule has 84 valence electrons. The average Bonchev–Trinajstić information content (AvgIpc) is 2.65. The standard InChI is InChI=1S/C11H18N2O2/c1-11(4-2-3-5-11)10(15)13-7-6-12-9(14)8-13/h2-8H2,1H3,(H,12,14). The first-order valence-electron chi connectivity index (χ1n) is 5.68. The smallest absolute Gasteiger partial charge is 0.239 e. The van der Waals surface area contributed by atoms with E-state index in [-0.39, 0.29) is 23.8 Å². The molecule has 0 unspecified atom stereocenters. The van der Waals surface area contributed by atoms with Gasteiger partial charge < -0.3 is 10.2 Å². The molecule has 2 amide bonds. The fourth-order valence-corrected chi connectivity index (χ4v) is 2.56. The van der Waals surface area contributed by atoms with Crippen molar-refractivity contribution in [3.8, 4) is 0 Å². The second kappa shape index (κ2) is 3.83. The first-order valence-corrected chi connectivity index (χ1v) is 5.68. The first kappa shape index (κ1) is 10.5. The molecule has 1 aliphatic heterocycles. The summed E-state index contributed by atoms with van der Waals surface area (Å²) in [4.78, 5) is 25.1. The molecule has 0 bridgehead atoms. The molecule has 1 N–H and O–H groups in total. The molecule has 0 radical (unpaired) electrons. The summed E-state index contributed by atoms with van der Waals surface area (Å²) in [6.07, 6.45) is 4.23. The Hall–Kier alpha value is -1.06. The molecule has 1 saturated carbocycles. The normalized spacial score (nSPS) is 25.1. The lowest BCUT2D eigenvalue weighted by atomic mass is 9.87. The van der Waals surface area contributed by atoms with Gasteiger partial charge in [0.2, 0.25) is 11.8 Å². The number of carbonyl (C=O) groups excluding carboxylic acids is 2. The maximum absolute atomic E-state index is 12.2. The van der Waals surface area contributed by atoms with Crippen molar-refractivity contribution in [3.63, 3.8) is 0 Å². The molecule has 4 nitrogen and oxygen atoms in total. The largest absolute Gasteiger partial charge is 0.353 e. The van der Waals surface area contributed by atoms with Crippen LogP contribution in [0.15, 0.2) is 0 Å². The van der Waals surface area contributed by atoms with Gasteiger partial charge in [0.25, 0.3) is 0 Å². The molecule has 0 spiro atoms. The van der Waals surface area contributed by atoms with Crippen LogP contribution in [0.4, 0.5) is 0 Å². The summed E-state index contributed by atoms with van der Waals surface area (Å²) < 4.78 is 0. The third kappa shape index (κ3) is 1.98. The number of amides is 2. The van der Waals surface area contributed by atoms with Gasteiger partial charge >= 0.3 is 0 Å². The van der Waals surface area contributed by atoms with Gasteiger partial charge in [0, 0.05) is 18.5 Å². The second-order valence-corrected chi connectivity index (χ2v) is 4.84. The predicted molar refractivity (Wildman–Crippen MR) is 56.2 cm³/mol. The van der Waals surface area contributed by atoms with Crippen molar-refractivity contribution < 1.29 is 9.59 Å². The van der Waals surface area contributed by atoms with Crippen molar-refractivity contribution in [1.82, 2.24) is 10.2 Å². The third-order valence-electron chi connectivity index (χ3n) is 3.55. The highest BCUT2D eigenvalue weighted by Crippen LogP contribution is 2.39. The fraction of sp³-hybridized carbons (Fsp3) is 0.818. The fourth-order valence-electron chi connectivity index (χ4n) is 2.56. The highest BCUT2D eigenvalue weighted by molar-refractivity contribution is 5.88. The molecular weight excluding hydrogens is 192 g/mol. The summed E-state index contributed by atoms with van der Waals surface area (Å²) >= 11 is 0. The van der Waals surface area contributed by atoms with Crippen molar-refractivity contribution in [2.24, 2.45) is 5.41 Å². The summed E-state index contributed by atoms with van der Waals surface area (Å²) in [5, 5.41) is 2.74. The Morgan fingerprint density at radius 1 is 1.40 bits per heavy atom. The van der Waals surface area contributed by atoms with Crippen LogP contribution in [0.25, 0.3) is 0 Å². The molecule has 2 aliphatic rings. The van der Waals surface area contributed by atoms with Crippen LogP contribution >= 0.6 is 0 Å². The van der Waals surface area contributed by atoms with E-state index in [1.807, 2.05) is 6.92 Å². The first-order chi connectivity index (χ1) is 7.12. The minimum Gasteiger partial charge on any atom is -0.353 e. The zero-order valence-corrected chi connectivity index (χ0v) is 9.21. The van der Waals surface area contributed by atoms with Gasteiger partial charge in [-0.05, 0) is 12.8 Å². The summed E-state index contributed by atoms with van der Waals surface area (Å²) in [6.45, 7) is 3.55. The maximum atomic E-state index is 12.2. The lowest BCUT2D eigenvalue weighted by Crippen LogP contribution is -2.53. The van der Waals surface area contributed by atoms with Gasteiger partial charge in [-0.25, -0.2) is 0 Å². The average molecular weight is 210 g/mol. The van der Waals surface area contributed by atoms with E-state index in [9.17, 15) is 9.59 Å². The molecule has 2 rings (SSSR count). The van der Waals surface area contributed by atoms with E-state index in [0.717, 1.165) is 25.7 Å². The molecule has 4 heteroatoms. The van der Waals surface area contributed by atoms with Gasteiger partial charge in [-0.1, -0.05) is 19.8 Å². The predicted octanol–water partition coefficient (Wildman–Crippen LogP) is 0.525. The summed E-state index contributed by atoms with van der Waals surface area (Å²) in [6, 6.07) is 0. The van der Waals surface area contributed by atoms with E-state index in [1.165, 1.54) is 0 Å². The highest BCUT2D eigenvalue weighted by Gasteiger charge is 2.39. The van der Waals surface area contributed by atoms with Crippen LogP contribution in [0.2, 0.25) is 0 Å². The molecule has 1 saturated heterocycles. The summed E-state index contributed by atoms with van der Waals surface area (Å²) in [5.41, 5.74) is -0.197. The lowest BCUT2D eigenvalue weighted by molar-refractivity contribution is -0.145. The molecule has 1 heterocycles. The number of nitrogens with one attached hydrogen (secondary N) is 1. The van der Waals surface area contributed by atoms with E-state index < -0.39 is 0 Å². The van der Waals surface area contributed by atoms with Crippen LogP contribution in [0.3, 0.4) is 0 Å². The van der Waals surface area contributed by atoms with E-state index in [4.69, 9.17) is 0 Å². The van der Waals surface area contributed by atoms with Gasteiger partial charge in [0.1, 0.15) is 0 Å². The molecule has 0 aromatic rings. The Morgan fingerprint density at radius 3 is 2.67 bits per heavy atom. The third-order valence-corrected chi connectivity index (χ3v) is 3.55. The topological polar surface area (TPSA) is 49.4 Å². The summed E-state index contributed by atoms with van der Waals surface area (Å²) in [7, 11) is 0. The van der Waals surface area contributed by atoms with Crippen molar-refractivity contribution in [2.75, 3.05) is 19.6 Å². The van der Waals surface area contributed by atoms with Gasteiger partial charge in [0.05, 0.1) is 6.54 Å². The minimum atomic E-state index is -0.197. The van der Waals surface area contributed by atoms with E-state index in [0.29, 0.717) is 13.1 Å². The molecule has 15 heavy (non-hydrogen) atoms. The van der Waals surface area contributed by atoms with Crippen LogP contribution in [0.1, 0.15) is 32.6 Å². The molecule has 0 atom stereocenters. The number of hydrogen-bond acceptors (Lipinski definition) is 2. The molecule has 0 aromatic heterocycles. The van der Waals surface area contributed by atoms with Crippen LogP contribution < -0.4 is 5.32 Å². The van der Waals surface area contributed by atoms with Crippen molar-refractivity contribution >= 4 is 11.8 Å². The van der Waals surface area contributed by atoms with Gasteiger partial charge in [-0.3, -0.25) is 9.59 Å². The number of rotatable bonds is 1. The second-order valence-electron chi connectivity index (χ2n) is 4.84. The van der Waals surface area contributed by atoms with Crippen molar-refractivity contribution in [2.45, 2.75) is 32.6 Å². The zero-order valence-electron chi connectivity index (χ0n) is 9.21. The zero-order chi connectivity index (χ0) is 10.9. The molecule has 2 fully saturated rings. The van der Waals surface area contributed by atoms with Gasteiger partial charge in [0.15, 0.2) is 0 Å². The van der Waals surface area contributed by atoms with Crippen LogP contribution in [-0.4, -0.2) is 36.3 Å². The van der Waals surface area contributed by atoms with Crippen LogP contribution in [-0.2, 0) is 9.59 Å². The highest BCUT2D eigenvalue weighted by atomic mass is 16.2.